The predicted molar refractivity (Wildman–Crippen MR) is 34.8 cm³/mol. The summed E-state index contributed by atoms with van der Waals surface area (Å²) in [6.07, 6.45) is 0. The fourth-order valence-corrected chi connectivity index (χ4v) is 0. The zero-order chi connectivity index (χ0) is 5.21. The van der Waals surface area contributed by atoms with Crippen molar-refractivity contribution in [1.29, 1.82) is 0 Å². The maximum Gasteiger partial charge on any atom is 0.101 e. The first kappa shape index (κ1) is 7.06. The van der Waals surface area contributed by atoms with Crippen molar-refractivity contribution >= 4 is 40.5 Å². The molecule has 0 aromatic rings. The Labute approximate surface area is 50.3 Å². The summed E-state index contributed by atoms with van der Waals surface area (Å²) in [5.41, 5.74) is 0. The average Bonchev–Trinajstić information content (AvgIpc) is 1.35. The Bertz CT molecular complexity index is 108. The van der Waals surface area contributed by atoms with Gasteiger partial charge in [-0.3, -0.25) is 0 Å². The summed E-state index contributed by atoms with van der Waals surface area (Å²) in [5, 5.41) is 7.66. The van der Waals surface area contributed by atoms with E-state index in [9.17, 15) is 0 Å². The highest BCUT2D eigenvalue weighted by Gasteiger charge is 1.84. The van der Waals surface area contributed by atoms with E-state index < -0.39 is 6.46 Å². The van der Waals surface area contributed by atoms with Crippen molar-refractivity contribution in [1.82, 2.24) is 0 Å². The predicted octanol–water partition coefficient (Wildman–Crippen LogP) is 0.314. The molecule has 38 valence electrons. The Hall–Kier alpha value is 1.06. The molecule has 0 unspecified atom stereocenters. The minimum absolute atomic E-state index is 2.25. The molecule has 0 saturated heterocycles. The molecule has 0 bridgehead atoms. The van der Waals surface area contributed by atoms with Crippen LogP contribution in [0.4, 0.5) is 0 Å². The van der Waals surface area contributed by atoms with E-state index >= 15 is 0 Å². The minimum atomic E-state index is -2.25. The maximum absolute atomic E-state index is 7.66. The summed E-state index contributed by atoms with van der Waals surface area (Å²) in [6.45, 7) is -2.25. The van der Waals surface area contributed by atoms with Gasteiger partial charge in [0.1, 0.15) is 6.46 Å². The Morgan fingerprint density at radius 2 is 1.83 bits per heavy atom. The van der Waals surface area contributed by atoms with E-state index in [4.69, 9.17) is 5.26 Å². The van der Waals surface area contributed by atoms with Gasteiger partial charge in [0.2, 0.25) is 0 Å². The molecule has 0 atom stereocenters. The van der Waals surface area contributed by atoms with Crippen LogP contribution in [-0.2, 0) is 33.2 Å². The van der Waals surface area contributed by atoms with Gasteiger partial charge in [0.05, 0.1) is 0 Å². The molecule has 0 saturated carbocycles. The first-order chi connectivity index (χ1) is 2.56. The molecule has 0 heterocycles. The van der Waals surface area contributed by atoms with Crippen LogP contribution in [-0.4, -0.2) is 5.26 Å². The van der Waals surface area contributed by atoms with Crippen LogP contribution >= 0.6 is 11.7 Å². The monoisotopic (exact) mass is 162 g/mol. The summed E-state index contributed by atoms with van der Waals surface area (Å²) < 4.78 is 3.51. The molecule has 6 heavy (non-hydrogen) atoms. The third-order valence-corrected chi connectivity index (χ3v) is 0.848. The molecule has 0 amide bonds. The van der Waals surface area contributed by atoms with Gasteiger partial charge in [-0.1, -0.05) is 11.7 Å². The van der Waals surface area contributed by atoms with Crippen molar-refractivity contribution in [2.24, 2.45) is 0 Å². The lowest BCUT2D eigenvalue weighted by atomic mass is 15.0. The second kappa shape index (κ2) is 2.39. The molecule has 0 aliphatic rings. The first-order valence-corrected chi connectivity index (χ1v) is 5.33. The molecule has 0 fully saturated rings. The van der Waals surface area contributed by atoms with Gasteiger partial charge >= 0.3 is 0 Å². The van der Waals surface area contributed by atoms with Crippen LogP contribution in [0.5, 0.6) is 0 Å². The van der Waals surface area contributed by atoms with E-state index in [1.54, 1.807) is 0 Å². The van der Waals surface area contributed by atoms with Crippen LogP contribution in [0.1, 0.15) is 0 Å². The van der Waals surface area contributed by atoms with Gasteiger partial charge in [0, 0.05) is 0 Å². The first-order valence-electron chi connectivity index (χ1n) is 0.865. The largest absolute Gasteiger partial charge is 0.238 e. The van der Waals surface area contributed by atoms with Crippen LogP contribution < -0.4 is 0 Å². The molecule has 0 aliphatic heterocycles. The summed E-state index contributed by atoms with van der Waals surface area (Å²) in [6, 6.07) is 0. The minimum Gasteiger partial charge on any atom is -0.238 e. The molecular formula is H2O2S4. The molecule has 2 nitrogen and oxygen atoms in total. The molecule has 0 aromatic heterocycles. The highest BCUT2D eigenvalue weighted by molar-refractivity contribution is 8.91. The van der Waals surface area contributed by atoms with Gasteiger partial charge in [-0.05, 0) is 22.4 Å². The van der Waals surface area contributed by atoms with Crippen molar-refractivity contribution < 1.29 is 9.59 Å². The zero-order valence-corrected chi connectivity index (χ0v) is 5.87. The average molecular weight is 162 g/mol. The van der Waals surface area contributed by atoms with E-state index in [0.717, 1.165) is 0 Å². The van der Waals surface area contributed by atoms with Crippen molar-refractivity contribution in [3.05, 3.63) is 0 Å². The van der Waals surface area contributed by atoms with Crippen LogP contribution in [0.3, 0.4) is 0 Å². The Balaban J connectivity index is 3.85. The van der Waals surface area contributed by atoms with Crippen LogP contribution in [0.15, 0.2) is 0 Å². The maximum atomic E-state index is 7.66. The molecule has 0 spiro atoms. The van der Waals surface area contributed by atoms with E-state index in [-0.39, 0.29) is 0 Å². The fraction of sp³-hybridized carbons (Fsp3) is 0. The van der Waals surface area contributed by atoms with E-state index in [2.05, 4.69) is 38.4 Å². The van der Waals surface area contributed by atoms with E-state index in [1.807, 2.05) is 0 Å². The second-order valence-electron chi connectivity index (χ2n) is 0.502. The number of thiol groups is 1. The summed E-state index contributed by atoms with van der Waals surface area (Å²) in [5.74, 6) is 0. The number of rotatable bonds is 1. The van der Waals surface area contributed by atoms with Crippen molar-refractivity contribution in [2.75, 3.05) is 0 Å². The number of hydrogen-bond acceptors (Lipinski definition) is 4. The molecule has 6 heteroatoms. The molecule has 0 aromatic carbocycles. The van der Waals surface area contributed by atoms with Gasteiger partial charge in [-0.15, -0.1) is 0 Å². The normalized spacial score (nSPS) is 11.7. The Morgan fingerprint density at radius 1 is 1.67 bits per heavy atom. The molecule has 0 radical (unpaired) electrons. The number of hydrogen-bond donors (Lipinski definition) is 2. The topological polar surface area (TPSA) is 29.5 Å². The zero-order valence-electron chi connectivity index (χ0n) is 2.53. The molecule has 0 aliphatic carbocycles. The summed E-state index contributed by atoms with van der Waals surface area (Å²) in [7, 11) is 0. The van der Waals surface area contributed by atoms with Gasteiger partial charge in [-0.25, -0.2) is 5.26 Å². The third-order valence-electron chi connectivity index (χ3n) is 0.0942. The Kier molecular flexibility index (Phi) is 2.81. The summed E-state index contributed by atoms with van der Waals surface area (Å²) >= 11 is 12.0. The van der Waals surface area contributed by atoms with Crippen LogP contribution in [0.2, 0.25) is 0 Å². The fourth-order valence-electron chi connectivity index (χ4n) is 0. The highest BCUT2D eigenvalue weighted by atomic mass is 33.5. The van der Waals surface area contributed by atoms with E-state index in [0.29, 0.717) is 0 Å². The molecular weight excluding hydrogens is 160 g/mol. The summed E-state index contributed by atoms with van der Waals surface area (Å²) in [4.78, 5) is 0. The van der Waals surface area contributed by atoms with E-state index in [1.165, 1.54) is 0 Å². The lowest BCUT2D eigenvalue weighted by Crippen LogP contribution is -1.84. The third kappa shape index (κ3) is 5.06. The quantitative estimate of drug-likeness (QED) is 0.251. The van der Waals surface area contributed by atoms with Crippen LogP contribution in [0.25, 0.3) is 0 Å². The van der Waals surface area contributed by atoms with Crippen LogP contribution in [0, 0.1) is 0 Å². The molecule has 1 N–H and O–H groups in total. The van der Waals surface area contributed by atoms with Gasteiger partial charge in [0.25, 0.3) is 0 Å². The lowest BCUT2D eigenvalue weighted by Gasteiger charge is -1.88. The smallest absolute Gasteiger partial charge is 0.101 e. The van der Waals surface area contributed by atoms with Gasteiger partial charge in [0.15, 0.2) is 0 Å². The highest BCUT2D eigenvalue weighted by Crippen LogP contribution is 1.94. The molecule has 0 rings (SSSR count). The second-order valence-corrected chi connectivity index (χ2v) is 7.98. The van der Waals surface area contributed by atoms with Gasteiger partial charge in [-0.2, -0.15) is 4.33 Å². The van der Waals surface area contributed by atoms with Crippen molar-refractivity contribution in [2.45, 2.75) is 0 Å². The SMILES string of the molecule is OOS(=S)(=S)S. The lowest BCUT2D eigenvalue weighted by molar-refractivity contribution is -0.117. The van der Waals surface area contributed by atoms with Crippen molar-refractivity contribution in [3.63, 3.8) is 0 Å². The standard InChI is InChI=1S/H2O2S4/c1-2-6(3,4)5/h1H,(H,3,4,5). The van der Waals surface area contributed by atoms with Crippen molar-refractivity contribution in [3.8, 4) is 0 Å². The van der Waals surface area contributed by atoms with Gasteiger partial charge < -0.3 is 0 Å². The Morgan fingerprint density at radius 3 is 1.83 bits per heavy atom.